The van der Waals surface area contributed by atoms with E-state index in [1.807, 2.05) is 23.1 Å². The van der Waals surface area contributed by atoms with Crippen molar-refractivity contribution in [1.29, 1.82) is 0 Å². The van der Waals surface area contributed by atoms with Crippen molar-refractivity contribution in [3.05, 3.63) is 46.3 Å². The minimum Gasteiger partial charge on any atom is -0.497 e. The summed E-state index contributed by atoms with van der Waals surface area (Å²) in [5, 5.41) is 13.4. The lowest BCUT2D eigenvalue weighted by Gasteiger charge is -2.38. The number of likely N-dealkylation sites (tertiary alicyclic amines) is 1. The highest BCUT2D eigenvalue weighted by Crippen LogP contribution is 2.33. The number of nitrogens with zero attached hydrogens (tertiary/aromatic N) is 3. The molecular weight excluding hydrogens is 410 g/mol. The van der Waals surface area contributed by atoms with Crippen LogP contribution >= 0.6 is 0 Å². The molecule has 170 valence electrons. The number of carbonyl (C=O) groups is 2. The van der Waals surface area contributed by atoms with E-state index < -0.39 is 5.97 Å². The number of carboxylic acid groups (broad SMARTS) is 1. The highest BCUT2D eigenvalue weighted by Gasteiger charge is 2.36. The van der Waals surface area contributed by atoms with Crippen LogP contribution in [-0.4, -0.2) is 59.5 Å². The summed E-state index contributed by atoms with van der Waals surface area (Å²) < 4.78 is 10.5. The summed E-state index contributed by atoms with van der Waals surface area (Å²) in [6.45, 7) is 5.22. The van der Waals surface area contributed by atoms with Gasteiger partial charge in [0.2, 0.25) is 0 Å². The number of methoxy groups -OCH3 is 1. The molecule has 2 aliphatic heterocycles. The number of amides is 1. The van der Waals surface area contributed by atoms with E-state index in [-0.39, 0.29) is 24.2 Å². The van der Waals surface area contributed by atoms with Gasteiger partial charge in [-0.1, -0.05) is 5.16 Å². The minimum absolute atomic E-state index is 0.00690. The van der Waals surface area contributed by atoms with Crippen LogP contribution in [0.3, 0.4) is 0 Å². The Kier molecular flexibility index (Phi) is 6.30. The Morgan fingerprint density at radius 1 is 1.28 bits per heavy atom. The van der Waals surface area contributed by atoms with Gasteiger partial charge in [-0.15, -0.1) is 0 Å². The van der Waals surface area contributed by atoms with Crippen molar-refractivity contribution in [3.8, 4) is 5.75 Å². The number of benzene rings is 1. The lowest BCUT2D eigenvalue weighted by atomic mass is 9.78. The molecule has 0 unspecified atom stereocenters. The molecule has 0 bridgehead atoms. The number of ether oxygens (including phenoxy) is 1. The molecule has 2 aliphatic rings. The topological polar surface area (TPSA) is 105 Å². The molecule has 0 saturated carbocycles. The third-order valence-corrected chi connectivity index (χ3v) is 6.63. The van der Waals surface area contributed by atoms with E-state index >= 15 is 0 Å². The Labute approximate surface area is 187 Å². The number of rotatable bonds is 6. The molecule has 2 atom stereocenters. The van der Waals surface area contributed by atoms with Crippen LogP contribution in [-0.2, 0) is 11.2 Å². The second-order valence-corrected chi connectivity index (χ2v) is 8.66. The van der Waals surface area contributed by atoms with Crippen molar-refractivity contribution < 1.29 is 24.0 Å². The van der Waals surface area contributed by atoms with Crippen LogP contribution in [0.1, 0.15) is 52.2 Å². The molecule has 0 spiro atoms. The molecule has 1 N–H and O–H groups in total. The van der Waals surface area contributed by atoms with Gasteiger partial charge in [0.25, 0.3) is 5.91 Å². The fraction of sp³-hybridized carbons (Fsp3) is 0.500. The molecule has 1 saturated heterocycles. The van der Waals surface area contributed by atoms with Gasteiger partial charge in [0, 0.05) is 31.8 Å². The summed E-state index contributed by atoms with van der Waals surface area (Å²) >= 11 is 0. The van der Waals surface area contributed by atoms with Gasteiger partial charge in [-0.05, 0) is 74.3 Å². The van der Waals surface area contributed by atoms with E-state index in [0.29, 0.717) is 49.5 Å². The molecular formula is C24H29N3O5. The maximum Gasteiger partial charge on any atom is 0.303 e. The Balaban J connectivity index is 1.57. The number of carboxylic acids is 1. The summed E-state index contributed by atoms with van der Waals surface area (Å²) in [5.74, 6) is 0.430. The number of piperidine rings is 1. The predicted octanol–water partition coefficient (Wildman–Crippen LogP) is 3.29. The van der Waals surface area contributed by atoms with Crippen molar-refractivity contribution in [2.75, 3.05) is 26.7 Å². The van der Waals surface area contributed by atoms with E-state index in [0.717, 1.165) is 23.4 Å². The van der Waals surface area contributed by atoms with Crippen LogP contribution in [0.2, 0.25) is 0 Å². The number of fused-ring (bicyclic) bond motifs is 1. The molecule has 4 rings (SSSR count). The van der Waals surface area contributed by atoms with Crippen molar-refractivity contribution in [2.45, 2.75) is 39.5 Å². The number of aliphatic carboxylic acids is 1. The van der Waals surface area contributed by atoms with E-state index in [4.69, 9.17) is 14.3 Å². The maximum atomic E-state index is 13.2. The third-order valence-electron chi connectivity index (χ3n) is 6.63. The van der Waals surface area contributed by atoms with Crippen LogP contribution in [0.5, 0.6) is 5.75 Å². The zero-order valence-electron chi connectivity index (χ0n) is 18.8. The Bertz CT molecular complexity index is 1040. The molecule has 1 aromatic carbocycles. The standard InChI is InChI=1S/C24H29N3O5/c1-14-23(15(2)32-26-14)24(30)27-9-7-16(12-22(28)29)18(13-27)11-21-20-5-4-19(31-3)10-17(20)6-8-25-21/h4-5,10,16,18H,6-9,11-13H2,1-3H3,(H,28,29)/t16-,18-/m0/s1. The lowest BCUT2D eigenvalue weighted by molar-refractivity contribution is -0.138. The Morgan fingerprint density at radius 3 is 2.78 bits per heavy atom. The monoisotopic (exact) mass is 439 g/mol. The first-order chi connectivity index (χ1) is 15.4. The number of hydrogen-bond acceptors (Lipinski definition) is 6. The van der Waals surface area contributed by atoms with Gasteiger partial charge < -0.3 is 19.3 Å². The smallest absolute Gasteiger partial charge is 0.303 e. The van der Waals surface area contributed by atoms with Crippen LogP contribution < -0.4 is 4.74 Å². The van der Waals surface area contributed by atoms with Crippen LogP contribution in [0.15, 0.2) is 27.7 Å². The van der Waals surface area contributed by atoms with Crippen molar-refractivity contribution in [1.82, 2.24) is 10.1 Å². The zero-order chi connectivity index (χ0) is 22.8. The quantitative estimate of drug-likeness (QED) is 0.741. The second kappa shape index (κ2) is 9.14. The van der Waals surface area contributed by atoms with Gasteiger partial charge in [0.1, 0.15) is 17.1 Å². The second-order valence-electron chi connectivity index (χ2n) is 8.66. The summed E-state index contributed by atoms with van der Waals surface area (Å²) in [6, 6.07) is 6.02. The predicted molar refractivity (Wildman–Crippen MR) is 118 cm³/mol. The number of carbonyl (C=O) groups excluding carboxylic acids is 1. The van der Waals surface area contributed by atoms with Gasteiger partial charge in [-0.25, -0.2) is 0 Å². The first-order valence-corrected chi connectivity index (χ1v) is 11.0. The number of aliphatic imine (C=N–C) groups is 1. The summed E-state index contributed by atoms with van der Waals surface area (Å²) in [5.41, 5.74) is 4.37. The van der Waals surface area contributed by atoms with E-state index in [1.54, 1.807) is 21.0 Å². The summed E-state index contributed by atoms with van der Waals surface area (Å²) in [4.78, 5) is 31.3. The highest BCUT2D eigenvalue weighted by molar-refractivity contribution is 6.03. The van der Waals surface area contributed by atoms with Gasteiger partial charge in [0.15, 0.2) is 0 Å². The number of aromatic nitrogens is 1. The minimum atomic E-state index is -0.804. The molecule has 32 heavy (non-hydrogen) atoms. The summed E-state index contributed by atoms with van der Waals surface area (Å²) in [6.07, 6.45) is 2.24. The van der Waals surface area contributed by atoms with Crippen LogP contribution in [0.25, 0.3) is 0 Å². The van der Waals surface area contributed by atoms with E-state index in [9.17, 15) is 14.7 Å². The van der Waals surface area contributed by atoms with Gasteiger partial charge >= 0.3 is 5.97 Å². The normalized spacial score (nSPS) is 20.5. The van der Waals surface area contributed by atoms with Crippen LogP contribution in [0, 0.1) is 25.7 Å². The Morgan fingerprint density at radius 2 is 2.09 bits per heavy atom. The molecule has 8 nitrogen and oxygen atoms in total. The van der Waals surface area contributed by atoms with Crippen molar-refractivity contribution >= 4 is 17.6 Å². The largest absolute Gasteiger partial charge is 0.497 e. The summed E-state index contributed by atoms with van der Waals surface area (Å²) in [7, 11) is 1.66. The molecule has 1 fully saturated rings. The number of aryl methyl sites for hydroxylation is 2. The van der Waals surface area contributed by atoms with E-state index in [1.165, 1.54) is 5.56 Å². The van der Waals surface area contributed by atoms with Crippen molar-refractivity contribution in [3.63, 3.8) is 0 Å². The van der Waals surface area contributed by atoms with Gasteiger partial charge in [-0.2, -0.15) is 0 Å². The van der Waals surface area contributed by atoms with Gasteiger partial charge in [-0.3, -0.25) is 14.6 Å². The molecule has 2 aromatic rings. The average Bonchev–Trinajstić information content (AvgIpc) is 3.11. The fourth-order valence-electron chi connectivity index (χ4n) is 4.94. The molecule has 1 amide bonds. The first-order valence-electron chi connectivity index (χ1n) is 11.0. The van der Waals surface area contributed by atoms with Crippen LogP contribution in [0.4, 0.5) is 0 Å². The molecule has 1 aromatic heterocycles. The van der Waals surface area contributed by atoms with E-state index in [2.05, 4.69) is 5.16 Å². The first kappa shape index (κ1) is 22.0. The average molecular weight is 440 g/mol. The fourth-order valence-corrected chi connectivity index (χ4v) is 4.94. The van der Waals surface area contributed by atoms with Crippen molar-refractivity contribution in [2.24, 2.45) is 16.8 Å². The SMILES string of the molecule is COc1ccc2c(c1)CCN=C2C[C@H]1CN(C(=O)c2c(C)noc2C)CC[C@H]1CC(=O)O. The highest BCUT2D eigenvalue weighted by atomic mass is 16.5. The zero-order valence-corrected chi connectivity index (χ0v) is 18.8. The number of hydrogen-bond donors (Lipinski definition) is 1. The lowest BCUT2D eigenvalue weighted by Crippen LogP contribution is -2.45. The molecule has 8 heteroatoms. The molecule has 0 aliphatic carbocycles. The third kappa shape index (κ3) is 4.40. The van der Waals surface area contributed by atoms with Gasteiger partial charge in [0.05, 0.1) is 12.8 Å². The molecule has 3 heterocycles. The Hall–Kier alpha value is -3.16. The molecule has 0 radical (unpaired) electrons. The maximum absolute atomic E-state index is 13.2.